The molecule has 2 aromatic rings. The van der Waals surface area contributed by atoms with Crippen molar-refractivity contribution in [2.75, 3.05) is 0 Å². The van der Waals surface area contributed by atoms with E-state index < -0.39 is 0 Å². The first-order valence-corrected chi connectivity index (χ1v) is 6.46. The van der Waals surface area contributed by atoms with Crippen molar-refractivity contribution in [3.05, 3.63) is 69.2 Å². The fourth-order valence-corrected chi connectivity index (χ4v) is 2.50. The first-order chi connectivity index (χ1) is 8.50. The maximum absolute atomic E-state index is 6.35. The third-order valence-corrected chi connectivity index (χ3v) is 3.83. The second kappa shape index (κ2) is 5.13. The van der Waals surface area contributed by atoms with Crippen LogP contribution in [-0.4, -0.2) is 0 Å². The van der Waals surface area contributed by atoms with Crippen LogP contribution in [0.3, 0.4) is 0 Å². The molecule has 2 aromatic carbocycles. The molecule has 1 nitrogen and oxygen atoms in total. The van der Waals surface area contributed by atoms with E-state index in [-0.39, 0.29) is 6.04 Å². The van der Waals surface area contributed by atoms with E-state index >= 15 is 0 Å². The Morgan fingerprint density at radius 2 is 1.67 bits per heavy atom. The molecule has 0 bridgehead atoms. The van der Waals surface area contributed by atoms with Gasteiger partial charge in [-0.25, -0.2) is 0 Å². The van der Waals surface area contributed by atoms with Crippen LogP contribution in [0, 0.1) is 20.8 Å². The van der Waals surface area contributed by atoms with Crippen molar-refractivity contribution in [3.8, 4) is 0 Å². The van der Waals surface area contributed by atoms with Gasteiger partial charge in [0.25, 0.3) is 0 Å². The van der Waals surface area contributed by atoms with E-state index in [1.807, 2.05) is 25.1 Å². The highest BCUT2D eigenvalue weighted by atomic mass is 35.5. The zero-order chi connectivity index (χ0) is 13.3. The average molecular weight is 260 g/mol. The predicted octanol–water partition coefficient (Wildman–Crippen LogP) is 4.31. The second-order valence-electron chi connectivity index (χ2n) is 4.82. The molecule has 2 rings (SSSR count). The molecule has 2 N–H and O–H groups in total. The van der Waals surface area contributed by atoms with Gasteiger partial charge < -0.3 is 5.73 Å². The summed E-state index contributed by atoms with van der Waals surface area (Å²) < 4.78 is 0. The van der Waals surface area contributed by atoms with Crippen molar-refractivity contribution in [1.29, 1.82) is 0 Å². The zero-order valence-corrected chi connectivity index (χ0v) is 11.8. The lowest BCUT2D eigenvalue weighted by atomic mass is 9.94. The number of nitrogens with two attached hydrogens (primary N) is 1. The molecule has 0 fully saturated rings. The molecule has 0 radical (unpaired) electrons. The molecular weight excluding hydrogens is 242 g/mol. The summed E-state index contributed by atoms with van der Waals surface area (Å²) in [6.45, 7) is 6.17. The van der Waals surface area contributed by atoms with Crippen LogP contribution in [-0.2, 0) is 0 Å². The van der Waals surface area contributed by atoms with Gasteiger partial charge in [-0.1, -0.05) is 53.6 Å². The Bertz CT molecular complexity index is 575. The summed E-state index contributed by atoms with van der Waals surface area (Å²) in [6, 6.07) is 12.2. The van der Waals surface area contributed by atoms with Crippen molar-refractivity contribution in [3.63, 3.8) is 0 Å². The molecule has 0 spiro atoms. The maximum atomic E-state index is 6.35. The molecule has 0 heterocycles. The summed E-state index contributed by atoms with van der Waals surface area (Å²) in [5.41, 5.74) is 12.0. The van der Waals surface area contributed by atoms with Crippen LogP contribution in [0.5, 0.6) is 0 Å². The standard InChI is InChI=1S/C16H18ClN/c1-10-7-8-13(12(3)9-10)16(18)14-6-4-5-11(2)15(14)17/h4-9,16H,18H2,1-3H3. The van der Waals surface area contributed by atoms with Gasteiger partial charge >= 0.3 is 0 Å². The predicted molar refractivity (Wildman–Crippen MR) is 78.1 cm³/mol. The lowest BCUT2D eigenvalue weighted by molar-refractivity contribution is 0.859. The molecule has 0 saturated heterocycles. The molecule has 18 heavy (non-hydrogen) atoms. The second-order valence-corrected chi connectivity index (χ2v) is 5.19. The molecule has 1 unspecified atom stereocenters. The minimum Gasteiger partial charge on any atom is -0.320 e. The molecular formula is C16H18ClN. The Kier molecular flexibility index (Phi) is 3.74. The smallest absolute Gasteiger partial charge is 0.0569 e. The molecule has 0 amide bonds. The van der Waals surface area contributed by atoms with Crippen molar-refractivity contribution >= 4 is 11.6 Å². The van der Waals surface area contributed by atoms with E-state index in [9.17, 15) is 0 Å². The van der Waals surface area contributed by atoms with Gasteiger partial charge in [-0.15, -0.1) is 0 Å². The Balaban J connectivity index is 2.48. The number of hydrogen-bond acceptors (Lipinski definition) is 1. The van der Waals surface area contributed by atoms with Crippen LogP contribution >= 0.6 is 11.6 Å². The third kappa shape index (κ3) is 2.43. The highest BCUT2D eigenvalue weighted by Gasteiger charge is 2.15. The summed E-state index contributed by atoms with van der Waals surface area (Å²) in [5, 5.41) is 0.768. The summed E-state index contributed by atoms with van der Waals surface area (Å²) >= 11 is 6.34. The zero-order valence-electron chi connectivity index (χ0n) is 11.0. The lowest BCUT2D eigenvalue weighted by Gasteiger charge is -2.18. The molecule has 0 saturated carbocycles. The first-order valence-electron chi connectivity index (χ1n) is 6.08. The van der Waals surface area contributed by atoms with Crippen molar-refractivity contribution in [1.82, 2.24) is 0 Å². The number of benzene rings is 2. The van der Waals surface area contributed by atoms with Gasteiger partial charge in [-0.3, -0.25) is 0 Å². The highest BCUT2D eigenvalue weighted by molar-refractivity contribution is 6.32. The van der Waals surface area contributed by atoms with E-state index in [4.69, 9.17) is 17.3 Å². The van der Waals surface area contributed by atoms with Crippen LogP contribution in [0.1, 0.15) is 33.9 Å². The van der Waals surface area contributed by atoms with Crippen LogP contribution in [0.25, 0.3) is 0 Å². The van der Waals surface area contributed by atoms with E-state index in [2.05, 4.69) is 32.0 Å². The fourth-order valence-electron chi connectivity index (χ4n) is 2.25. The Morgan fingerprint density at radius 1 is 0.944 bits per heavy atom. The minimum atomic E-state index is -0.169. The Morgan fingerprint density at radius 3 is 2.33 bits per heavy atom. The Hall–Kier alpha value is -1.31. The fraction of sp³-hybridized carbons (Fsp3) is 0.250. The van der Waals surface area contributed by atoms with Crippen LogP contribution in [0.4, 0.5) is 0 Å². The summed E-state index contributed by atoms with van der Waals surface area (Å²) in [7, 11) is 0. The largest absolute Gasteiger partial charge is 0.320 e. The first kappa shape index (κ1) is 13.1. The minimum absolute atomic E-state index is 0.169. The van der Waals surface area contributed by atoms with Crippen molar-refractivity contribution in [2.45, 2.75) is 26.8 Å². The number of aryl methyl sites for hydroxylation is 3. The van der Waals surface area contributed by atoms with Crippen molar-refractivity contribution < 1.29 is 0 Å². The summed E-state index contributed by atoms with van der Waals surface area (Å²) in [5.74, 6) is 0. The monoisotopic (exact) mass is 259 g/mol. The Labute approximate surface area is 114 Å². The van der Waals surface area contributed by atoms with Gasteiger partial charge in [-0.05, 0) is 43.0 Å². The third-order valence-electron chi connectivity index (χ3n) is 3.32. The summed E-state index contributed by atoms with van der Waals surface area (Å²) in [4.78, 5) is 0. The molecule has 1 atom stereocenters. The van der Waals surface area contributed by atoms with Crippen molar-refractivity contribution in [2.24, 2.45) is 5.73 Å². The van der Waals surface area contributed by atoms with Crippen LogP contribution < -0.4 is 5.73 Å². The van der Waals surface area contributed by atoms with Gasteiger partial charge in [0.05, 0.1) is 6.04 Å². The lowest BCUT2D eigenvalue weighted by Crippen LogP contribution is -2.14. The number of rotatable bonds is 2. The molecule has 0 aliphatic rings. The van der Waals surface area contributed by atoms with E-state index in [1.165, 1.54) is 11.1 Å². The molecule has 0 aromatic heterocycles. The molecule has 0 aliphatic carbocycles. The normalized spacial score (nSPS) is 12.5. The van der Waals surface area contributed by atoms with Gasteiger partial charge in [0.15, 0.2) is 0 Å². The summed E-state index contributed by atoms with van der Waals surface area (Å²) in [6.07, 6.45) is 0. The SMILES string of the molecule is Cc1ccc(C(N)c2cccc(C)c2Cl)c(C)c1. The van der Waals surface area contributed by atoms with Crippen LogP contribution in [0.2, 0.25) is 5.02 Å². The van der Waals surface area contributed by atoms with E-state index in [0.717, 1.165) is 21.7 Å². The highest BCUT2D eigenvalue weighted by Crippen LogP contribution is 2.30. The average Bonchev–Trinajstić information content (AvgIpc) is 2.32. The van der Waals surface area contributed by atoms with Gasteiger partial charge in [0.1, 0.15) is 0 Å². The van der Waals surface area contributed by atoms with Gasteiger partial charge in [-0.2, -0.15) is 0 Å². The van der Waals surface area contributed by atoms with Crippen LogP contribution in [0.15, 0.2) is 36.4 Å². The maximum Gasteiger partial charge on any atom is 0.0569 e. The molecule has 0 aliphatic heterocycles. The number of halogens is 1. The number of hydrogen-bond donors (Lipinski definition) is 1. The van der Waals surface area contributed by atoms with Gasteiger partial charge in [0.2, 0.25) is 0 Å². The molecule has 2 heteroatoms. The van der Waals surface area contributed by atoms with Gasteiger partial charge in [0, 0.05) is 5.02 Å². The van der Waals surface area contributed by atoms with E-state index in [0.29, 0.717) is 0 Å². The molecule has 94 valence electrons. The quantitative estimate of drug-likeness (QED) is 0.854. The van der Waals surface area contributed by atoms with E-state index in [1.54, 1.807) is 0 Å². The topological polar surface area (TPSA) is 26.0 Å².